The lowest BCUT2D eigenvalue weighted by molar-refractivity contribution is 0.287. The van der Waals surface area contributed by atoms with Crippen LogP contribution in [-0.2, 0) is 6.42 Å². The van der Waals surface area contributed by atoms with E-state index >= 15 is 0 Å². The van der Waals surface area contributed by atoms with E-state index in [2.05, 4.69) is 57.7 Å². The first-order valence-electron chi connectivity index (χ1n) is 11.8. The fourth-order valence-corrected chi connectivity index (χ4v) is 5.42. The number of fused-ring (bicyclic) bond motifs is 2. The van der Waals surface area contributed by atoms with Crippen molar-refractivity contribution in [3.63, 3.8) is 0 Å². The highest BCUT2D eigenvalue weighted by molar-refractivity contribution is 7.22. The zero-order valence-electron chi connectivity index (χ0n) is 19.5. The molecule has 0 saturated heterocycles. The van der Waals surface area contributed by atoms with Crippen LogP contribution in [0.25, 0.3) is 31.4 Å². The van der Waals surface area contributed by atoms with Gasteiger partial charge in [0.1, 0.15) is 18.2 Å². The van der Waals surface area contributed by atoms with Crippen molar-refractivity contribution in [1.82, 2.24) is 15.0 Å². The second-order valence-electron chi connectivity index (χ2n) is 8.72. The van der Waals surface area contributed by atoms with Gasteiger partial charge in [-0.25, -0.2) is 4.98 Å². The van der Waals surface area contributed by atoms with E-state index in [1.165, 1.54) is 21.0 Å². The second kappa shape index (κ2) is 9.81. The number of nitrogens with two attached hydrogens (primary N) is 1. The standard InChI is InChI=1S/C29H25N5OS/c30-21(12-20-15-32-26-9-3-2-8-24(20)26)18-35-23-14-25(28-13-19-6-1-4-10-27(19)36-28)29(33-17-23)34-22-7-5-11-31-16-22/h1-11,13-17,21,32H,12,18,30H2,(H,33,34)/t21-/m0/s1. The molecule has 0 saturated carbocycles. The topological polar surface area (TPSA) is 88.8 Å². The van der Waals surface area contributed by atoms with E-state index in [1.54, 1.807) is 29.9 Å². The number of benzene rings is 2. The van der Waals surface area contributed by atoms with Gasteiger partial charge in [0, 0.05) is 44.5 Å². The van der Waals surface area contributed by atoms with Gasteiger partial charge >= 0.3 is 0 Å². The van der Waals surface area contributed by atoms with E-state index in [4.69, 9.17) is 15.5 Å². The number of aromatic amines is 1. The van der Waals surface area contributed by atoms with Crippen molar-refractivity contribution < 1.29 is 4.74 Å². The number of hydrogen-bond acceptors (Lipinski definition) is 6. The SMILES string of the molecule is N[C@H](COc1cnc(Nc2cccnc2)c(-c2cc3ccccc3s2)c1)Cc1c[nH]c2ccccc12. The summed E-state index contributed by atoms with van der Waals surface area (Å²) in [5.41, 5.74) is 10.6. The van der Waals surface area contributed by atoms with Gasteiger partial charge in [-0.15, -0.1) is 11.3 Å². The number of nitrogens with zero attached hydrogens (tertiary/aromatic N) is 2. The van der Waals surface area contributed by atoms with Crippen LogP contribution in [0.15, 0.2) is 97.6 Å². The van der Waals surface area contributed by atoms with Crippen LogP contribution < -0.4 is 15.8 Å². The Morgan fingerprint density at radius 3 is 2.78 bits per heavy atom. The zero-order valence-corrected chi connectivity index (χ0v) is 20.3. The normalized spacial score (nSPS) is 12.1. The minimum Gasteiger partial charge on any atom is -0.490 e. The Morgan fingerprint density at radius 1 is 1.00 bits per heavy atom. The molecule has 4 N–H and O–H groups in total. The molecule has 0 aliphatic carbocycles. The fourth-order valence-electron chi connectivity index (χ4n) is 4.35. The number of H-pyrrole nitrogens is 1. The van der Waals surface area contributed by atoms with E-state index in [1.807, 2.05) is 36.5 Å². The predicted octanol–water partition coefficient (Wildman–Crippen LogP) is 6.53. The van der Waals surface area contributed by atoms with Gasteiger partial charge in [-0.2, -0.15) is 0 Å². The summed E-state index contributed by atoms with van der Waals surface area (Å²) in [6.45, 7) is 0.391. The molecule has 6 rings (SSSR count). The number of para-hydroxylation sites is 1. The van der Waals surface area contributed by atoms with Crippen LogP contribution in [0, 0.1) is 0 Å². The quantitative estimate of drug-likeness (QED) is 0.225. The number of hydrogen-bond donors (Lipinski definition) is 3. The summed E-state index contributed by atoms with van der Waals surface area (Å²) in [4.78, 5) is 13.3. The maximum Gasteiger partial charge on any atom is 0.139 e. The number of ether oxygens (including phenoxy) is 1. The number of nitrogens with one attached hydrogen (secondary N) is 2. The first-order chi connectivity index (χ1) is 17.7. The van der Waals surface area contributed by atoms with Gasteiger partial charge in [0.2, 0.25) is 0 Å². The maximum absolute atomic E-state index is 6.46. The molecule has 7 heteroatoms. The molecule has 4 heterocycles. The number of aromatic nitrogens is 3. The molecule has 1 atom stereocenters. The van der Waals surface area contributed by atoms with Gasteiger partial charge in [-0.1, -0.05) is 36.4 Å². The van der Waals surface area contributed by atoms with Crippen LogP contribution in [0.1, 0.15) is 5.56 Å². The number of rotatable bonds is 8. The van der Waals surface area contributed by atoms with Crippen LogP contribution in [0.4, 0.5) is 11.5 Å². The summed E-state index contributed by atoms with van der Waals surface area (Å²) in [6.07, 6.45) is 8.03. The molecule has 4 aromatic heterocycles. The minimum atomic E-state index is -0.148. The molecule has 6 aromatic rings. The fraction of sp³-hybridized carbons (Fsp3) is 0.103. The average Bonchev–Trinajstić information content (AvgIpc) is 3.53. The van der Waals surface area contributed by atoms with Gasteiger partial charge in [0.15, 0.2) is 0 Å². The molecular weight excluding hydrogens is 466 g/mol. The van der Waals surface area contributed by atoms with Gasteiger partial charge in [-0.3, -0.25) is 4.98 Å². The molecule has 36 heavy (non-hydrogen) atoms. The van der Waals surface area contributed by atoms with Crippen LogP contribution in [0.5, 0.6) is 5.75 Å². The van der Waals surface area contributed by atoms with E-state index in [0.717, 1.165) is 33.9 Å². The van der Waals surface area contributed by atoms with Crippen molar-refractivity contribution in [2.24, 2.45) is 5.73 Å². The summed E-state index contributed by atoms with van der Waals surface area (Å²) >= 11 is 1.73. The lowest BCUT2D eigenvalue weighted by Crippen LogP contribution is -2.30. The highest BCUT2D eigenvalue weighted by Gasteiger charge is 2.14. The molecular formula is C29H25N5OS. The highest BCUT2D eigenvalue weighted by Crippen LogP contribution is 2.39. The molecule has 2 aromatic carbocycles. The summed E-state index contributed by atoms with van der Waals surface area (Å²) in [7, 11) is 0. The zero-order chi connectivity index (χ0) is 24.3. The molecule has 0 fully saturated rings. The molecule has 0 spiro atoms. The largest absolute Gasteiger partial charge is 0.490 e. The first-order valence-corrected chi connectivity index (χ1v) is 12.6. The van der Waals surface area contributed by atoms with Gasteiger partial charge in [-0.05, 0) is 53.8 Å². The van der Waals surface area contributed by atoms with Crippen molar-refractivity contribution in [2.45, 2.75) is 12.5 Å². The third-order valence-corrected chi connectivity index (χ3v) is 7.25. The lowest BCUT2D eigenvalue weighted by atomic mass is 10.1. The average molecular weight is 492 g/mol. The number of anilines is 2. The lowest BCUT2D eigenvalue weighted by Gasteiger charge is -2.15. The Labute approximate surface area is 212 Å². The third kappa shape index (κ3) is 4.66. The molecule has 0 aliphatic rings. The minimum absolute atomic E-state index is 0.148. The van der Waals surface area contributed by atoms with E-state index in [0.29, 0.717) is 12.4 Å². The Balaban J connectivity index is 1.25. The summed E-state index contributed by atoms with van der Waals surface area (Å²) < 4.78 is 7.37. The van der Waals surface area contributed by atoms with Gasteiger partial charge < -0.3 is 20.8 Å². The van der Waals surface area contributed by atoms with E-state index in [9.17, 15) is 0 Å². The summed E-state index contributed by atoms with van der Waals surface area (Å²) in [6, 6.07) is 24.6. The van der Waals surface area contributed by atoms with Crippen molar-refractivity contribution >= 4 is 43.8 Å². The Hall–Kier alpha value is -4.20. The molecule has 0 bridgehead atoms. The van der Waals surface area contributed by atoms with Crippen molar-refractivity contribution in [3.8, 4) is 16.2 Å². The number of thiophene rings is 1. The smallest absolute Gasteiger partial charge is 0.139 e. The predicted molar refractivity (Wildman–Crippen MR) is 148 cm³/mol. The second-order valence-corrected chi connectivity index (χ2v) is 9.80. The third-order valence-electron chi connectivity index (χ3n) is 6.10. The molecule has 0 unspecified atom stereocenters. The monoisotopic (exact) mass is 491 g/mol. The van der Waals surface area contributed by atoms with Crippen LogP contribution in [0.3, 0.4) is 0 Å². The Bertz CT molecular complexity index is 1590. The van der Waals surface area contributed by atoms with Crippen LogP contribution in [0.2, 0.25) is 0 Å². The summed E-state index contributed by atoms with van der Waals surface area (Å²) in [5, 5.41) is 5.81. The molecule has 0 amide bonds. The van der Waals surface area contributed by atoms with Gasteiger partial charge in [0.05, 0.1) is 18.1 Å². The van der Waals surface area contributed by atoms with Crippen molar-refractivity contribution in [3.05, 3.63) is 103 Å². The molecule has 0 radical (unpaired) electrons. The first kappa shape index (κ1) is 22.3. The molecule has 0 aliphatic heterocycles. The van der Waals surface area contributed by atoms with Crippen LogP contribution in [-0.4, -0.2) is 27.6 Å². The van der Waals surface area contributed by atoms with E-state index in [-0.39, 0.29) is 6.04 Å². The van der Waals surface area contributed by atoms with Crippen molar-refractivity contribution in [1.29, 1.82) is 0 Å². The Morgan fingerprint density at radius 2 is 1.89 bits per heavy atom. The molecule has 6 nitrogen and oxygen atoms in total. The molecule has 178 valence electrons. The van der Waals surface area contributed by atoms with E-state index < -0.39 is 0 Å². The number of pyridine rings is 2. The van der Waals surface area contributed by atoms with Crippen molar-refractivity contribution in [2.75, 3.05) is 11.9 Å². The van der Waals surface area contributed by atoms with Crippen LogP contribution >= 0.6 is 11.3 Å². The summed E-state index contributed by atoms with van der Waals surface area (Å²) in [5.74, 6) is 1.44. The van der Waals surface area contributed by atoms with Gasteiger partial charge in [0.25, 0.3) is 0 Å². The maximum atomic E-state index is 6.46. The highest BCUT2D eigenvalue weighted by atomic mass is 32.1. The Kier molecular flexibility index (Phi) is 6.07.